The Hall–Kier alpha value is -1.86. The number of thiocarbonyl (C=S) groups is 1. The number of carbonyl (C=O) groups excluding carboxylic acids is 1. The molecule has 1 rings (SSSR count). The van der Waals surface area contributed by atoms with E-state index >= 15 is 0 Å². The number of hydrogen-bond donors (Lipinski definition) is 5. The number of hydrazine groups is 1. The maximum atomic E-state index is 11.9. The molecule has 0 spiro atoms. The highest BCUT2D eigenvalue weighted by atomic mass is 32.1. The Morgan fingerprint density at radius 3 is 2.30 bits per heavy atom. The monoisotopic (exact) mass is 338 g/mol. The highest BCUT2D eigenvalue weighted by Crippen LogP contribution is 2.21. The molecule has 7 heteroatoms. The third-order valence-corrected chi connectivity index (χ3v) is 3.58. The Morgan fingerprint density at radius 2 is 1.74 bits per heavy atom. The van der Waals surface area contributed by atoms with Gasteiger partial charge >= 0.3 is 0 Å². The molecule has 0 aromatic heterocycles. The van der Waals surface area contributed by atoms with Gasteiger partial charge in [0, 0.05) is 5.69 Å². The first-order chi connectivity index (χ1) is 10.8. The summed E-state index contributed by atoms with van der Waals surface area (Å²) >= 11 is 5.09. The molecule has 0 unspecified atom stereocenters. The van der Waals surface area contributed by atoms with E-state index in [0.717, 1.165) is 29.9 Å². The average Bonchev–Trinajstić information content (AvgIpc) is 2.43. The summed E-state index contributed by atoms with van der Waals surface area (Å²) < 4.78 is 0. The molecule has 0 aliphatic rings. The maximum absolute atomic E-state index is 11.9. The predicted octanol–water partition coefficient (Wildman–Crippen LogP) is -0.336. The van der Waals surface area contributed by atoms with Crippen LogP contribution in [-0.4, -0.2) is 44.7 Å². The standard InChI is InChI=1S/C16H27N5OS/c1-11-8-12(2)15(13(3)9-11)18-10-14(22)19-20-16(23)17-6-7-21(4)5/h8-9,18H,6-7,10H2,1-5H3,(H,19,22)(H2,17,20,23)/p+1. The predicted molar refractivity (Wildman–Crippen MR) is 98.7 cm³/mol. The van der Waals surface area contributed by atoms with Crippen LogP contribution in [0.4, 0.5) is 5.69 Å². The van der Waals surface area contributed by atoms with Crippen molar-refractivity contribution in [1.82, 2.24) is 16.2 Å². The molecule has 128 valence electrons. The van der Waals surface area contributed by atoms with Crippen molar-refractivity contribution in [1.29, 1.82) is 0 Å². The van der Waals surface area contributed by atoms with E-state index in [1.54, 1.807) is 0 Å². The zero-order valence-corrected chi connectivity index (χ0v) is 15.4. The van der Waals surface area contributed by atoms with Gasteiger partial charge in [0.05, 0.1) is 33.7 Å². The first-order valence-electron chi connectivity index (χ1n) is 7.73. The largest absolute Gasteiger partial charge is 0.376 e. The zero-order chi connectivity index (χ0) is 17.4. The van der Waals surface area contributed by atoms with Gasteiger partial charge in [0.1, 0.15) is 0 Å². The molecule has 0 radical (unpaired) electrons. The van der Waals surface area contributed by atoms with Crippen molar-refractivity contribution in [2.75, 3.05) is 39.0 Å². The second-order valence-electron chi connectivity index (χ2n) is 6.01. The molecule has 1 aromatic carbocycles. The summed E-state index contributed by atoms with van der Waals surface area (Å²) in [6, 6.07) is 4.19. The summed E-state index contributed by atoms with van der Waals surface area (Å²) in [6.07, 6.45) is 0. The Bertz CT molecular complexity index is 536. The van der Waals surface area contributed by atoms with Crippen molar-refractivity contribution in [3.05, 3.63) is 28.8 Å². The van der Waals surface area contributed by atoms with Gasteiger partial charge in [-0.3, -0.25) is 15.6 Å². The molecule has 1 amide bonds. The third kappa shape index (κ3) is 7.30. The van der Waals surface area contributed by atoms with E-state index < -0.39 is 0 Å². The third-order valence-electron chi connectivity index (χ3n) is 3.33. The van der Waals surface area contributed by atoms with Gasteiger partial charge in [0.15, 0.2) is 5.11 Å². The van der Waals surface area contributed by atoms with Gasteiger partial charge in [-0.25, -0.2) is 0 Å². The number of quaternary nitrogens is 1. The van der Waals surface area contributed by atoms with Gasteiger partial charge < -0.3 is 15.5 Å². The van der Waals surface area contributed by atoms with E-state index in [2.05, 4.69) is 54.6 Å². The molecule has 0 saturated heterocycles. The summed E-state index contributed by atoms with van der Waals surface area (Å²) in [5.41, 5.74) is 9.76. The first kappa shape index (κ1) is 19.2. The van der Waals surface area contributed by atoms with E-state index in [-0.39, 0.29) is 12.5 Å². The molecule has 6 nitrogen and oxygen atoms in total. The van der Waals surface area contributed by atoms with Crippen molar-refractivity contribution >= 4 is 28.9 Å². The Balaban J connectivity index is 2.34. The number of hydrogen-bond acceptors (Lipinski definition) is 3. The lowest BCUT2D eigenvalue weighted by molar-refractivity contribution is -0.856. The van der Waals surface area contributed by atoms with Crippen molar-refractivity contribution in [3.8, 4) is 0 Å². The van der Waals surface area contributed by atoms with Gasteiger partial charge in [-0.05, 0) is 44.1 Å². The minimum absolute atomic E-state index is 0.174. The van der Waals surface area contributed by atoms with Crippen LogP contribution in [0.1, 0.15) is 16.7 Å². The summed E-state index contributed by atoms with van der Waals surface area (Å²) in [5.74, 6) is -0.174. The van der Waals surface area contributed by atoms with Crippen LogP contribution in [0.15, 0.2) is 12.1 Å². The van der Waals surface area contributed by atoms with Crippen molar-refractivity contribution in [2.45, 2.75) is 20.8 Å². The van der Waals surface area contributed by atoms with Crippen LogP contribution in [0.5, 0.6) is 0 Å². The van der Waals surface area contributed by atoms with E-state index in [1.807, 2.05) is 13.8 Å². The van der Waals surface area contributed by atoms with E-state index in [4.69, 9.17) is 12.2 Å². The zero-order valence-electron chi connectivity index (χ0n) is 14.6. The minimum Gasteiger partial charge on any atom is -0.376 e. The fourth-order valence-corrected chi connectivity index (χ4v) is 2.42. The van der Waals surface area contributed by atoms with Crippen molar-refractivity contribution < 1.29 is 9.69 Å². The summed E-state index contributed by atoms with van der Waals surface area (Å²) in [5, 5.41) is 6.62. The maximum Gasteiger partial charge on any atom is 0.257 e. The highest BCUT2D eigenvalue weighted by Gasteiger charge is 2.06. The highest BCUT2D eigenvalue weighted by molar-refractivity contribution is 7.80. The molecular weight excluding hydrogens is 310 g/mol. The molecule has 0 atom stereocenters. The van der Waals surface area contributed by atoms with Gasteiger partial charge in [-0.1, -0.05) is 17.7 Å². The molecule has 0 saturated carbocycles. The van der Waals surface area contributed by atoms with Crippen molar-refractivity contribution in [3.63, 3.8) is 0 Å². The summed E-state index contributed by atoms with van der Waals surface area (Å²) in [7, 11) is 4.14. The van der Waals surface area contributed by atoms with Crippen LogP contribution in [-0.2, 0) is 4.79 Å². The smallest absolute Gasteiger partial charge is 0.257 e. The second-order valence-corrected chi connectivity index (χ2v) is 6.42. The number of carbonyl (C=O) groups is 1. The SMILES string of the molecule is Cc1cc(C)c(NCC(=O)NNC(=S)NCC[NH+](C)C)c(C)c1. The topological polar surface area (TPSA) is 69.6 Å². The Labute approximate surface area is 144 Å². The fraction of sp³-hybridized carbons (Fsp3) is 0.500. The first-order valence-corrected chi connectivity index (χ1v) is 8.14. The number of benzene rings is 1. The quantitative estimate of drug-likeness (QED) is 0.363. The molecular formula is C16H28N5OS+. The summed E-state index contributed by atoms with van der Waals surface area (Å²) in [6.45, 7) is 8.01. The second kappa shape index (κ2) is 9.32. The van der Waals surface area contributed by atoms with Gasteiger partial charge in [-0.15, -0.1) is 0 Å². The lowest BCUT2D eigenvalue weighted by Gasteiger charge is -2.15. The lowest BCUT2D eigenvalue weighted by Crippen LogP contribution is -3.06. The number of anilines is 1. The Morgan fingerprint density at radius 1 is 1.13 bits per heavy atom. The fourth-order valence-electron chi connectivity index (χ4n) is 2.27. The molecule has 0 fully saturated rings. The number of nitrogens with one attached hydrogen (secondary N) is 5. The molecule has 5 N–H and O–H groups in total. The van der Waals surface area contributed by atoms with Crippen LogP contribution in [0.3, 0.4) is 0 Å². The molecule has 0 aliphatic heterocycles. The number of rotatable bonds is 6. The number of aryl methyl sites for hydroxylation is 3. The van der Waals surface area contributed by atoms with E-state index in [0.29, 0.717) is 5.11 Å². The van der Waals surface area contributed by atoms with Gasteiger partial charge in [-0.2, -0.15) is 0 Å². The van der Waals surface area contributed by atoms with Gasteiger partial charge in [0.25, 0.3) is 5.91 Å². The van der Waals surface area contributed by atoms with Crippen LogP contribution in [0, 0.1) is 20.8 Å². The molecule has 1 aromatic rings. The van der Waals surface area contributed by atoms with Gasteiger partial charge in [0.2, 0.25) is 0 Å². The minimum atomic E-state index is -0.174. The van der Waals surface area contributed by atoms with Crippen molar-refractivity contribution in [2.24, 2.45) is 0 Å². The molecule has 0 heterocycles. The number of amides is 1. The van der Waals surface area contributed by atoms with Crippen LogP contribution in [0.25, 0.3) is 0 Å². The van der Waals surface area contributed by atoms with E-state index in [9.17, 15) is 4.79 Å². The number of likely N-dealkylation sites (N-methyl/N-ethyl adjacent to an activating group) is 1. The molecule has 23 heavy (non-hydrogen) atoms. The molecule has 0 aliphatic carbocycles. The average molecular weight is 339 g/mol. The van der Waals surface area contributed by atoms with E-state index in [1.165, 1.54) is 10.5 Å². The lowest BCUT2D eigenvalue weighted by atomic mass is 10.1. The van der Waals surface area contributed by atoms with Crippen LogP contribution >= 0.6 is 12.2 Å². The normalized spacial score (nSPS) is 10.3. The Kier molecular flexibility index (Phi) is 7.77. The van der Waals surface area contributed by atoms with Crippen LogP contribution in [0.2, 0.25) is 0 Å². The molecule has 0 bridgehead atoms. The summed E-state index contributed by atoms with van der Waals surface area (Å²) in [4.78, 5) is 13.2. The van der Waals surface area contributed by atoms with Crippen LogP contribution < -0.4 is 26.4 Å².